The maximum atomic E-state index is 12.9. The van der Waals surface area contributed by atoms with E-state index in [0.29, 0.717) is 31.4 Å². The summed E-state index contributed by atoms with van der Waals surface area (Å²) in [5.41, 5.74) is 6.37. The van der Waals surface area contributed by atoms with Gasteiger partial charge in [-0.25, -0.2) is 0 Å². The Morgan fingerprint density at radius 2 is 1.76 bits per heavy atom. The van der Waals surface area contributed by atoms with Crippen molar-refractivity contribution in [1.29, 1.82) is 0 Å². The van der Waals surface area contributed by atoms with Crippen LogP contribution in [0.2, 0.25) is 0 Å². The number of aliphatic hydroxyl groups is 2. The van der Waals surface area contributed by atoms with Gasteiger partial charge in [0.1, 0.15) is 5.75 Å². The number of benzene rings is 2. The lowest BCUT2D eigenvalue weighted by atomic mass is 9.67. The molecule has 1 heterocycles. The smallest absolute Gasteiger partial charge is 0.233 e. The molecule has 4 atom stereocenters. The maximum absolute atomic E-state index is 12.9. The van der Waals surface area contributed by atoms with E-state index in [-0.39, 0.29) is 18.4 Å². The lowest BCUT2D eigenvalue weighted by Gasteiger charge is -2.36. The highest BCUT2D eigenvalue weighted by molar-refractivity contribution is 6.05. The standard InChI is InChI=1S/C31H37NO5/c1-5-21-16-24-28(31(37)32(4)30(24)36)25(17-33)27(21)26(34)12-11-23(22-9-7-6-8-10-22)15-20-13-18(2)29(35)19(3)14-20/h6-10,13-15,24-26,28,33-35H,5,11-12,16-17H2,1-4H3/b23-15-/t24-,25+,26-,28-/m1/s1. The van der Waals surface area contributed by atoms with Crippen LogP contribution in [0, 0.1) is 31.6 Å². The average Bonchev–Trinajstić information content (AvgIpc) is 3.12. The minimum atomic E-state index is -0.836. The minimum absolute atomic E-state index is 0.193. The number of rotatable bonds is 8. The fourth-order valence-corrected chi connectivity index (χ4v) is 6.13. The van der Waals surface area contributed by atoms with E-state index >= 15 is 0 Å². The van der Waals surface area contributed by atoms with E-state index in [2.05, 4.69) is 6.08 Å². The number of hydrogen-bond acceptors (Lipinski definition) is 5. The number of fused-ring (bicyclic) bond motifs is 1. The van der Waals surface area contributed by atoms with E-state index in [1.807, 2.05) is 63.2 Å². The molecule has 1 fully saturated rings. The van der Waals surface area contributed by atoms with Crippen molar-refractivity contribution in [2.24, 2.45) is 17.8 Å². The third-order valence-electron chi connectivity index (χ3n) is 8.07. The molecule has 2 aromatic carbocycles. The third kappa shape index (κ3) is 5.13. The number of phenols is 1. The molecule has 4 rings (SSSR count). The van der Waals surface area contributed by atoms with Gasteiger partial charge in [0, 0.05) is 13.0 Å². The molecule has 2 aliphatic rings. The summed E-state index contributed by atoms with van der Waals surface area (Å²) in [6.07, 6.45) is 3.35. The number of aromatic hydroxyl groups is 1. The molecule has 1 aliphatic carbocycles. The van der Waals surface area contributed by atoms with Crippen LogP contribution in [0.15, 0.2) is 53.6 Å². The van der Waals surface area contributed by atoms with Crippen LogP contribution in [0.4, 0.5) is 0 Å². The van der Waals surface area contributed by atoms with Gasteiger partial charge in [0.15, 0.2) is 0 Å². The Hall–Kier alpha value is -3.22. The number of likely N-dealkylation sites (tertiary alicyclic amines) is 1. The second-order valence-electron chi connectivity index (χ2n) is 10.4. The van der Waals surface area contributed by atoms with Crippen molar-refractivity contribution >= 4 is 23.5 Å². The Labute approximate surface area is 218 Å². The van der Waals surface area contributed by atoms with Gasteiger partial charge in [-0.3, -0.25) is 14.5 Å². The lowest BCUT2D eigenvalue weighted by molar-refractivity contribution is -0.138. The van der Waals surface area contributed by atoms with E-state index in [0.717, 1.165) is 39.0 Å². The fraction of sp³-hybridized carbons (Fsp3) is 0.419. The van der Waals surface area contributed by atoms with Gasteiger partial charge >= 0.3 is 0 Å². The quantitative estimate of drug-likeness (QED) is 0.277. The number of hydrogen-bond donors (Lipinski definition) is 3. The van der Waals surface area contributed by atoms with Crippen LogP contribution < -0.4 is 0 Å². The molecule has 2 amide bonds. The van der Waals surface area contributed by atoms with Crippen molar-refractivity contribution in [2.75, 3.05) is 13.7 Å². The molecule has 0 bridgehead atoms. The SMILES string of the molecule is CCC1=C([C@H](O)CC/C(=C/c2cc(C)c(O)c(C)c2)c2ccccc2)[C@H](CO)[C@@H]2C(=O)N(C)C(=O)[C@@H]2C1. The van der Waals surface area contributed by atoms with Gasteiger partial charge in [0.25, 0.3) is 0 Å². The van der Waals surface area contributed by atoms with Crippen LogP contribution in [-0.4, -0.2) is 51.8 Å². The molecule has 6 heteroatoms. The van der Waals surface area contributed by atoms with Crippen LogP contribution in [0.3, 0.4) is 0 Å². The summed E-state index contributed by atoms with van der Waals surface area (Å²) in [6, 6.07) is 13.9. The molecule has 3 N–H and O–H groups in total. The number of imide groups is 1. The van der Waals surface area contributed by atoms with Gasteiger partial charge < -0.3 is 15.3 Å². The Morgan fingerprint density at radius 3 is 2.35 bits per heavy atom. The van der Waals surface area contributed by atoms with Crippen LogP contribution in [-0.2, 0) is 9.59 Å². The van der Waals surface area contributed by atoms with E-state index in [1.165, 1.54) is 11.9 Å². The monoisotopic (exact) mass is 503 g/mol. The van der Waals surface area contributed by atoms with Gasteiger partial charge in [-0.1, -0.05) is 48.9 Å². The number of aliphatic hydroxyl groups excluding tert-OH is 2. The first kappa shape index (κ1) is 26.8. The number of allylic oxidation sites excluding steroid dienone is 2. The van der Waals surface area contributed by atoms with E-state index in [9.17, 15) is 24.9 Å². The second-order valence-corrected chi connectivity index (χ2v) is 10.4. The molecule has 0 spiro atoms. The molecule has 0 saturated carbocycles. The molecular formula is C31H37NO5. The number of amides is 2. The number of nitrogens with zero attached hydrogens (tertiary/aromatic N) is 1. The predicted octanol–water partition coefficient (Wildman–Crippen LogP) is 4.64. The fourth-order valence-electron chi connectivity index (χ4n) is 6.13. The first-order valence-corrected chi connectivity index (χ1v) is 13.1. The largest absolute Gasteiger partial charge is 0.507 e. The molecule has 6 nitrogen and oxygen atoms in total. The predicted molar refractivity (Wildman–Crippen MR) is 144 cm³/mol. The first-order chi connectivity index (χ1) is 17.7. The molecule has 1 aliphatic heterocycles. The average molecular weight is 504 g/mol. The topological polar surface area (TPSA) is 98.1 Å². The van der Waals surface area contributed by atoms with Crippen LogP contribution >= 0.6 is 0 Å². The number of carbonyl (C=O) groups is 2. The zero-order valence-corrected chi connectivity index (χ0v) is 22.1. The van der Waals surface area contributed by atoms with Crippen molar-refractivity contribution in [1.82, 2.24) is 4.90 Å². The zero-order valence-electron chi connectivity index (χ0n) is 22.1. The number of phenolic OH excluding ortho intramolecular Hbond substituents is 1. The second kappa shape index (κ2) is 11.0. The van der Waals surface area contributed by atoms with E-state index in [1.54, 1.807) is 0 Å². The van der Waals surface area contributed by atoms with Crippen LogP contribution in [0.5, 0.6) is 5.75 Å². The van der Waals surface area contributed by atoms with Crippen molar-refractivity contribution in [3.8, 4) is 5.75 Å². The summed E-state index contributed by atoms with van der Waals surface area (Å²) >= 11 is 0. The Kier molecular flexibility index (Phi) is 8.00. The van der Waals surface area contributed by atoms with Gasteiger partial charge in [-0.15, -0.1) is 0 Å². The van der Waals surface area contributed by atoms with Crippen LogP contribution in [0.25, 0.3) is 11.6 Å². The summed E-state index contributed by atoms with van der Waals surface area (Å²) in [5.74, 6) is -1.80. The highest BCUT2D eigenvalue weighted by atomic mass is 16.3. The first-order valence-electron chi connectivity index (χ1n) is 13.1. The molecule has 2 aromatic rings. The van der Waals surface area contributed by atoms with Crippen molar-refractivity contribution < 1.29 is 24.9 Å². The van der Waals surface area contributed by atoms with Crippen molar-refractivity contribution in [3.63, 3.8) is 0 Å². The summed E-state index contributed by atoms with van der Waals surface area (Å²) in [6.45, 7) is 5.47. The highest BCUT2D eigenvalue weighted by Gasteiger charge is 2.53. The van der Waals surface area contributed by atoms with Crippen molar-refractivity contribution in [3.05, 3.63) is 75.9 Å². The molecule has 1 saturated heterocycles. The number of carbonyl (C=O) groups excluding carboxylic acids is 2. The van der Waals surface area contributed by atoms with Crippen molar-refractivity contribution in [2.45, 2.75) is 52.6 Å². The van der Waals surface area contributed by atoms with Crippen LogP contribution in [0.1, 0.15) is 54.9 Å². The van der Waals surface area contributed by atoms with Gasteiger partial charge in [0.05, 0.1) is 24.5 Å². The van der Waals surface area contributed by atoms with Gasteiger partial charge in [-0.2, -0.15) is 0 Å². The molecule has 37 heavy (non-hydrogen) atoms. The van der Waals surface area contributed by atoms with E-state index in [4.69, 9.17) is 0 Å². The van der Waals surface area contributed by atoms with E-state index < -0.39 is 23.9 Å². The summed E-state index contributed by atoms with van der Waals surface area (Å²) in [4.78, 5) is 26.7. The summed E-state index contributed by atoms with van der Waals surface area (Å²) in [5, 5.41) is 32.0. The lowest BCUT2D eigenvalue weighted by Crippen LogP contribution is -2.38. The third-order valence-corrected chi connectivity index (χ3v) is 8.07. The molecule has 196 valence electrons. The zero-order chi connectivity index (χ0) is 26.9. The Balaban J connectivity index is 1.65. The van der Waals surface area contributed by atoms with Gasteiger partial charge in [0.2, 0.25) is 11.8 Å². The molecular weight excluding hydrogens is 466 g/mol. The Morgan fingerprint density at radius 1 is 1.11 bits per heavy atom. The minimum Gasteiger partial charge on any atom is -0.507 e. The molecule has 0 aromatic heterocycles. The normalized spacial score (nSPS) is 23.0. The maximum Gasteiger partial charge on any atom is 0.233 e. The van der Waals surface area contributed by atoms with Gasteiger partial charge in [-0.05, 0) is 85.1 Å². The molecule has 0 unspecified atom stereocenters. The summed E-state index contributed by atoms with van der Waals surface area (Å²) in [7, 11) is 1.50. The molecule has 0 radical (unpaired) electrons. The summed E-state index contributed by atoms with van der Waals surface area (Å²) < 4.78 is 0. The number of aryl methyl sites for hydroxylation is 2. The highest BCUT2D eigenvalue weighted by Crippen LogP contribution is 2.46. The Bertz CT molecular complexity index is 1220.